The molecule has 0 aliphatic carbocycles. The molecule has 2 aromatic rings. The van der Waals surface area contributed by atoms with Crippen LogP contribution in [-0.4, -0.2) is 22.5 Å². The van der Waals surface area contributed by atoms with Gasteiger partial charge in [0.1, 0.15) is 0 Å². The van der Waals surface area contributed by atoms with E-state index in [2.05, 4.69) is 49.0 Å². The van der Waals surface area contributed by atoms with Gasteiger partial charge in [0.15, 0.2) is 0 Å². The molecule has 0 amide bonds. The first-order valence-corrected chi connectivity index (χ1v) is 5.86. The average molecular weight is 273 g/mol. The van der Waals surface area contributed by atoms with Crippen molar-refractivity contribution in [2.24, 2.45) is 0 Å². The van der Waals surface area contributed by atoms with Gasteiger partial charge in [-0.05, 0) is 0 Å². The van der Waals surface area contributed by atoms with Crippen molar-refractivity contribution in [3.05, 3.63) is 54.6 Å². The van der Waals surface area contributed by atoms with E-state index in [4.69, 9.17) is 0 Å². The number of hydrogen-bond donors (Lipinski definition) is 0. The van der Waals surface area contributed by atoms with Gasteiger partial charge in [-0.15, -0.1) is 0 Å². The fourth-order valence-corrected chi connectivity index (χ4v) is 2.22. The molecular weight excluding hydrogens is 263 g/mol. The number of fused-ring (bicyclic) bond motifs is 1. The van der Waals surface area contributed by atoms with E-state index >= 15 is 0 Å². The maximum absolute atomic E-state index is 4.03. The molecule has 13 heavy (non-hydrogen) atoms. The van der Waals surface area contributed by atoms with E-state index in [0.717, 1.165) is 22.5 Å². The predicted octanol–water partition coefficient (Wildman–Crippen LogP) is 2.71. The Balaban J connectivity index is 2.83. The van der Waals surface area contributed by atoms with Crippen LogP contribution in [0.25, 0.3) is 14.4 Å². The molecule has 0 unspecified atom stereocenters. The topological polar surface area (TPSA) is 0 Å². The first-order chi connectivity index (χ1) is 6.29. The summed E-state index contributed by atoms with van der Waals surface area (Å²) in [5.41, 5.74) is 1.31. The summed E-state index contributed by atoms with van der Waals surface area (Å²) in [4.78, 5) is 0. The summed E-state index contributed by atoms with van der Waals surface area (Å²) in [5.74, 6) is 0. The van der Waals surface area contributed by atoms with Crippen molar-refractivity contribution in [1.82, 2.24) is 0 Å². The fraction of sp³-hybridized carbons (Fsp3) is 0. The molecular formula is C12H10Sn. The van der Waals surface area contributed by atoms with Gasteiger partial charge in [0.05, 0.1) is 0 Å². The van der Waals surface area contributed by atoms with E-state index < -0.39 is 0 Å². The van der Waals surface area contributed by atoms with Gasteiger partial charge in [-0.2, -0.15) is 0 Å². The molecule has 0 aliphatic rings. The zero-order valence-corrected chi connectivity index (χ0v) is 10.6. The Kier molecular flexibility index (Phi) is 2.40. The van der Waals surface area contributed by atoms with Crippen molar-refractivity contribution in [2.45, 2.75) is 0 Å². The van der Waals surface area contributed by atoms with Crippen LogP contribution in [0.1, 0.15) is 5.56 Å². The van der Waals surface area contributed by atoms with Gasteiger partial charge in [0, 0.05) is 0 Å². The molecule has 2 rings (SSSR count). The van der Waals surface area contributed by atoms with Crippen molar-refractivity contribution < 1.29 is 0 Å². The molecule has 0 bridgehead atoms. The van der Waals surface area contributed by atoms with Crippen LogP contribution in [0.5, 0.6) is 0 Å². The zero-order valence-electron chi connectivity index (χ0n) is 7.33. The summed E-state index contributed by atoms with van der Waals surface area (Å²) in [5, 5.41) is 2.62. The predicted molar refractivity (Wildman–Crippen MR) is 60.1 cm³/mol. The summed E-state index contributed by atoms with van der Waals surface area (Å²) in [6.45, 7) is 4.03. The first kappa shape index (κ1) is 8.82. The summed E-state index contributed by atoms with van der Waals surface area (Å²) in [7, 11) is 0. The SMILES string of the molecule is C=[C]([SnH])c1cccc2ccccc12. The molecule has 0 saturated carbocycles. The molecule has 0 nitrogen and oxygen atoms in total. The Morgan fingerprint density at radius 2 is 1.69 bits per heavy atom. The molecule has 62 valence electrons. The Bertz CT molecular complexity index is 452. The summed E-state index contributed by atoms with van der Waals surface area (Å²) in [6.07, 6.45) is 0. The van der Waals surface area contributed by atoms with Crippen LogP contribution < -0.4 is 0 Å². The summed E-state index contributed by atoms with van der Waals surface area (Å²) < 4.78 is 1.25. The Morgan fingerprint density at radius 1 is 1.00 bits per heavy atom. The van der Waals surface area contributed by atoms with Gasteiger partial charge in [0.25, 0.3) is 0 Å². The second-order valence-electron chi connectivity index (χ2n) is 3.05. The minimum atomic E-state index is 1.10. The second-order valence-corrected chi connectivity index (χ2v) is 5.04. The third-order valence-electron chi connectivity index (χ3n) is 2.14. The third kappa shape index (κ3) is 1.63. The molecule has 0 atom stereocenters. The van der Waals surface area contributed by atoms with E-state index in [1.165, 1.54) is 19.9 Å². The average Bonchev–Trinajstić information content (AvgIpc) is 2.17. The van der Waals surface area contributed by atoms with Crippen LogP contribution in [0, 0.1) is 0 Å². The van der Waals surface area contributed by atoms with E-state index in [1.54, 1.807) is 0 Å². The summed E-state index contributed by atoms with van der Waals surface area (Å²) >= 11 is 1.10. The van der Waals surface area contributed by atoms with Gasteiger partial charge >= 0.3 is 91.5 Å². The fourth-order valence-electron chi connectivity index (χ4n) is 1.51. The molecule has 0 aliphatic heterocycles. The van der Waals surface area contributed by atoms with Gasteiger partial charge in [-0.25, -0.2) is 0 Å². The molecule has 0 saturated heterocycles. The number of benzene rings is 2. The number of rotatable bonds is 1. The van der Waals surface area contributed by atoms with Gasteiger partial charge in [0.2, 0.25) is 0 Å². The van der Waals surface area contributed by atoms with Crippen molar-refractivity contribution in [3.8, 4) is 0 Å². The molecule has 0 spiro atoms. The van der Waals surface area contributed by atoms with Crippen molar-refractivity contribution in [2.75, 3.05) is 0 Å². The quantitative estimate of drug-likeness (QED) is 0.701. The minimum absolute atomic E-state index is 1.10. The molecule has 2 radical (unpaired) electrons. The van der Waals surface area contributed by atoms with Crippen LogP contribution in [0.4, 0.5) is 0 Å². The molecule has 2 aromatic carbocycles. The Morgan fingerprint density at radius 3 is 2.46 bits per heavy atom. The van der Waals surface area contributed by atoms with Crippen LogP contribution in [0.3, 0.4) is 0 Å². The van der Waals surface area contributed by atoms with Crippen molar-refractivity contribution >= 4 is 36.9 Å². The molecule has 0 fully saturated rings. The standard InChI is InChI=1S/C12H9.Sn.H/c1-2-10-7-5-8-11-6-3-4-9-12(10)11;;/h3-9H,1H2;;. The van der Waals surface area contributed by atoms with Crippen LogP contribution in [0.2, 0.25) is 0 Å². The van der Waals surface area contributed by atoms with Crippen molar-refractivity contribution in [3.63, 3.8) is 0 Å². The first-order valence-electron chi connectivity index (χ1n) is 4.21. The van der Waals surface area contributed by atoms with E-state index in [1.807, 2.05) is 0 Å². The normalized spacial score (nSPS) is 10.2. The molecule has 1 heteroatoms. The van der Waals surface area contributed by atoms with Crippen molar-refractivity contribution in [1.29, 1.82) is 0 Å². The maximum atomic E-state index is 4.03. The molecule has 0 N–H and O–H groups in total. The monoisotopic (exact) mass is 274 g/mol. The van der Waals surface area contributed by atoms with Crippen LogP contribution >= 0.6 is 0 Å². The summed E-state index contributed by atoms with van der Waals surface area (Å²) in [6, 6.07) is 14.8. The zero-order chi connectivity index (χ0) is 9.26. The van der Waals surface area contributed by atoms with E-state index in [-0.39, 0.29) is 0 Å². The third-order valence-corrected chi connectivity index (χ3v) is 3.02. The number of hydrogen-bond acceptors (Lipinski definition) is 0. The molecule has 0 heterocycles. The Labute approximate surface area is 91.4 Å². The van der Waals surface area contributed by atoms with Gasteiger partial charge < -0.3 is 0 Å². The molecule has 0 aromatic heterocycles. The second kappa shape index (κ2) is 3.54. The Hall–Kier alpha value is -0.761. The van der Waals surface area contributed by atoms with Gasteiger partial charge in [-0.3, -0.25) is 0 Å². The van der Waals surface area contributed by atoms with Crippen LogP contribution in [0.15, 0.2) is 49.0 Å². The van der Waals surface area contributed by atoms with Gasteiger partial charge in [-0.1, -0.05) is 0 Å². The van der Waals surface area contributed by atoms with Crippen LogP contribution in [-0.2, 0) is 0 Å². The van der Waals surface area contributed by atoms with E-state index in [9.17, 15) is 0 Å². The van der Waals surface area contributed by atoms with E-state index in [0.29, 0.717) is 0 Å².